The molecule has 116 valence electrons. The van der Waals surface area contributed by atoms with Crippen molar-refractivity contribution < 1.29 is 4.79 Å². The Balaban J connectivity index is 2.09. The van der Waals surface area contributed by atoms with Crippen molar-refractivity contribution in [3.63, 3.8) is 0 Å². The lowest BCUT2D eigenvalue weighted by atomic mass is 9.98. The maximum Gasteiger partial charge on any atom is 0.259 e. The molecule has 0 bridgehead atoms. The number of aromatic nitrogens is 1. The minimum absolute atomic E-state index is 0.177. The third kappa shape index (κ3) is 3.73. The van der Waals surface area contributed by atoms with Gasteiger partial charge in [0.2, 0.25) is 0 Å². The van der Waals surface area contributed by atoms with Gasteiger partial charge in [0, 0.05) is 45.1 Å². The van der Waals surface area contributed by atoms with E-state index in [-0.39, 0.29) is 16.9 Å². The second kappa shape index (κ2) is 6.43. The average Bonchev–Trinajstić information content (AvgIpc) is 2.42. The number of likely N-dealkylation sites (tertiary alicyclic amines) is 1. The summed E-state index contributed by atoms with van der Waals surface area (Å²) in [7, 11) is 5.75. The predicted molar refractivity (Wildman–Crippen MR) is 83.6 cm³/mol. The molecule has 1 atom stereocenters. The number of rotatable bonds is 3. The zero-order valence-corrected chi connectivity index (χ0v) is 13.4. The summed E-state index contributed by atoms with van der Waals surface area (Å²) in [6.45, 7) is 4.72. The van der Waals surface area contributed by atoms with Crippen LogP contribution in [0.25, 0.3) is 0 Å². The minimum atomic E-state index is -0.191. The molecular weight excluding hydrogens is 266 g/mol. The summed E-state index contributed by atoms with van der Waals surface area (Å²) in [6.07, 6.45) is 3.97. The van der Waals surface area contributed by atoms with Gasteiger partial charge in [0.25, 0.3) is 5.91 Å². The van der Waals surface area contributed by atoms with Gasteiger partial charge in [0.05, 0.1) is 0 Å². The van der Waals surface area contributed by atoms with Crippen molar-refractivity contribution in [1.82, 2.24) is 14.4 Å². The van der Waals surface area contributed by atoms with Crippen molar-refractivity contribution in [3.05, 3.63) is 33.7 Å². The molecular formula is C16H25N3O2. The van der Waals surface area contributed by atoms with Crippen LogP contribution in [-0.4, -0.2) is 54.0 Å². The van der Waals surface area contributed by atoms with E-state index in [1.807, 2.05) is 18.5 Å². The molecule has 5 nitrogen and oxygen atoms in total. The van der Waals surface area contributed by atoms with Crippen molar-refractivity contribution in [1.29, 1.82) is 0 Å². The van der Waals surface area contributed by atoms with Gasteiger partial charge < -0.3 is 14.4 Å². The van der Waals surface area contributed by atoms with Crippen molar-refractivity contribution in [2.75, 3.05) is 33.7 Å². The SMILES string of the molecule is Cc1cc(=O)c(C(=O)N(C)CC2CCCN(C)C2)cn1C. The third-order valence-electron chi connectivity index (χ3n) is 4.32. The molecule has 0 saturated carbocycles. The molecule has 0 aromatic carbocycles. The highest BCUT2D eigenvalue weighted by molar-refractivity contribution is 5.93. The van der Waals surface area contributed by atoms with Crippen LogP contribution in [0.5, 0.6) is 0 Å². The van der Waals surface area contributed by atoms with E-state index in [2.05, 4.69) is 11.9 Å². The zero-order valence-electron chi connectivity index (χ0n) is 13.4. The maximum atomic E-state index is 12.5. The Morgan fingerprint density at radius 1 is 1.43 bits per heavy atom. The Bertz CT molecular complexity index is 579. The Hall–Kier alpha value is -1.62. The number of hydrogen-bond acceptors (Lipinski definition) is 3. The first-order chi connectivity index (χ1) is 9.88. The summed E-state index contributed by atoms with van der Waals surface area (Å²) in [5.41, 5.74) is 0.922. The van der Waals surface area contributed by atoms with Gasteiger partial charge in [-0.1, -0.05) is 0 Å². The van der Waals surface area contributed by atoms with Crippen molar-refractivity contribution >= 4 is 5.91 Å². The smallest absolute Gasteiger partial charge is 0.259 e. The maximum absolute atomic E-state index is 12.5. The summed E-state index contributed by atoms with van der Waals surface area (Å²) in [4.78, 5) is 28.5. The standard InChI is InChI=1S/C16H25N3O2/c1-12-8-15(20)14(11-18(12)3)16(21)19(4)10-13-6-5-7-17(2)9-13/h8,11,13H,5-7,9-10H2,1-4H3. The van der Waals surface area contributed by atoms with Gasteiger partial charge in [-0.15, -0.1) is 0 Å². The van der Waals surface area contributed by atoms with Crippen LogP contribution in [-0.2, 0) is 7.05 Å². The van der Waals surface area contributed by atoms with E-state index in [4.69, 9.17) is 0 Å². The quantitative estimate of drug-likeness (QED) is 0.838. The Labute approximate surface area is 126 Å². The van der Waals surface area contributed by atoms with E-state index in [1.165, 1.54) is 12.5 Å². The molecule has 0 radical (unpaired) electrons. The molecule has 2 heterocycles. The summed E-state index contributed by atoms with van der Waals surface area (Å²) in [6, 6.07) is 1.52. The van der Waals surface area contributed by atoms with Gasteiger partial charge in [-0.3, -0.25) is 9.59 Å². The highest BCUT2D eigenvalue weighted by Crippen LogP contribution is 2.16. The van der Waals surface area contributed by atoms with E-state index in [0.717, 1.165) is 25.2 Å². The van der Waals surface area contributed by atoms with Crippen LogP contribution in [0.3, 0.4) is 0 Å². The van der Waals surface area contributed by atoms with Gasteiger partial charge in [-0.2, -0.15) is 0 Å². The van der Waals surface area contributed by atoms with Gasteiger partial charge in [-0.25, -0.2) is 0 Å². The van der Waals surface area contributed by atoms with E-state index in [0.29, 0.717) is 12.5 Å². The van der Waals surface area contributed by atoms with E-state index in [1.54, 1.807) is 18.1 Å². The van der Waals surface area contributed by atoms with Crippen molar-refractivity contribution in [2.45, 2.75) is 19.8 Å². The molecule has 1 fully saturated rings. The van der Waals surface area contributed by atoms with E-state index >= 15 is 0 Å². The molecule has 1 aromatic rings. The van der Waals surface area contributed by atoms with Crippen molar-refractivity contribution in [3.8, 4) is 0 Å². The molecule has 1 aromatic heterocycles. The first kappa shape index (κ1) is 15.8. The second-order valence-corrected chi connectivity index (χ2v) is 6.26. The molecule has 2 rings (SSSR count). The average molecular weight is 291 g/mol. The molecule has 1 unspecified atom stereocenters. The van der Waals surface area contributed by atoms with Crippen LogP contribution in [0.2, 0.25) is 0 Å². The van der Waals surface area contributed by atoms with Gasteiger partial charge >= 0.3 is 0 Å². The molecule has 0 aliphatic carbocycles. The van der Waals surface area contributed by atoms with Crippen LogP contribution in [0, 0.1) is 12.8 Å². The lowest BCUT2D eigenvalue weighted by molar-refractivity contribution is 0.0738. The van der Waals surface area contributed by atoms with Crippen LogP contribution < -0.4 is 5.43 Å². The number of nitrogens with zero attached hydrogens (tertiary/aromatic N) is 3. The topological polar surface area (TPSA) is 45.6 Å². The number of hydrogen-bond donors (Lipinski definition) is 0. The monoisotopic (exact) mass is 291 g/mol. The Morgan fingerprint density at radius 2 is 2.14 bits per heavy atom. The molecule has 21 heavy (non-hydrogen) atoms. The number of amides is 1. The number of pyridine rings is 1. The number of carbonyl (C=O) groups excluding carboxylic acids is 1. The largest absolute Gasteiger partial charge is 0.354 e. The van der Waals surface area contributed by atoms with Crippen LogP contribution >= 0.6 is 0 Å². The fraction of sp³-hybridized carbons (Fsp3) is 0.625. The molecule has 1 amide bonds. The summed E-state index contributed by atoms with van der Waals surface area (Å²) in [5.74, 6) is 0.316. The summed E-state index contributed by atoms with van der Waals surface area (Å²) >= 11 is 0. The number of carbonyl (C=O) groups is 1. The van der Waals surface area contributed by atoms with Gasteiger partial charge in [-0.05, 0) is 39.3 Å². The molecule has 1 aliphatic heterocycles. The lowest BCUT2D eigenvalue weighted by Gasteiger charge is -2.32. The van der Waals surface area contributed by atoms with Gasteiger partial charge in [0.15, 0.2) is 5.43 Å². The van der Waals surface area contributed by atoms with Crippen LogP contribution in [0.1, 0.15) is 28.9 Å². The summed E-state index contributed by atoms with van der Waals surface area (Å²) < 4.78 is 1.82. The first-order valence-corrected chi connectivity index (χ1v) is 7.49. The highest BCUT2D eigenvalue weighted by atomic mass is 16.2. The van der Waals surface area contributed by atoms with Crippen molar-refractivity contribution in [2.24, 2.45) is 13.0 Å². The fourth-order valence-electron chi connectivity index (χ4n) is 2.99. The number of piperidine rings is 1. The zero-order chi connectivity index (χ0) is 15.6. The molecule has 1 aliphatic rings. The lowest BCUT2D eigenvalue weighted by Crippen LogP contribution is -2.41. The van der Waals surface area contributed by atoms with Crippen LogP contribution in [0.15, 0.2) is 17.1 Å². The third-order valence-corrected chi connectivity index (χ3v) is 4.32. The Kier molecular flexibility index (Phi) is 4.83. The summed E-state index contributed by atoms with van der Waals surface area (Å²) in [5, 5.41) is 0. The van der Waals surface area contributed by atoms with Gasteiger partial charge in [0.1, 0.15) is 5.56 Å². The number of aryl methyl sites for hydroxylation is 2. The Morgan fingerprint density at radius 3 is 2.81 bits per heavy atom. The normalized spacial score (nSPS) is 19.5. The minimum Gasteiger partial charge on any atom is -0.354 e. The first-order valence-electron chi connectivity index (χ1n) is 7.49. The molecule has 0 spiro atoms. The second-order valence-electron chi connectivity index (χ2n) is 6.26. The molecule has 1 saturated heterocycles. The van der Waals surface area contributed by atoms with E-state index < -0.39 is 0 Å². The predicted octanol–water partition coefficient (Wildman–Crippen LogP) is 1.11. The van der Waals surface area contributed by atoms with Crippen LogP contribution in [0.4, 0.5) is 0 Å². The highest BCUT2D eigenvalue weighted by Gasteiger charge is 2.22. The molecule has 5 heteroatoms. The fourth-order valence-corrected chi connectivity index (χ4v) is 2.99. The van der Waals surface area contributed by atoms with E-state index in [9.17, 15) is 9.59 Å². The molecule has 0 N–H and O–H groups in total.